The number of aliphatic hydroxyl groups excluding tert-OH is 1. The van der Waals surface area contributed by atoms with Crippen LogP contribution in [0.15, 0.2) is 48.5 Å². The normalized spacial score (nSPS) is 11.3. The van der Waals surface area contributed by atoms with Gasteiger partial charge in [0.25, 0.3) is 5.91 Å². The minimum absolute atomic E-state index is 0.0151. The Bertz CT molecular complexity index is 1140. The summed E-state index contributed by atoms with van der Waals surface area (Å²) in [5.74, 6) is -0.637. The third-order valence-electron chi connectivity index (χ3n) is 4.76. The second-order valence-electron chi connectivity index (χ2n) is 7.37. The Kier molecular flexibility index (Phi) is 8.83. The maximum atomic E-state index is 13.0. The van der Waals surface area contributed by atoms with Crippen LogP contribution in [0, 0.1) is 0 Å². The zero-order chi connectivity index (χ0) is 25.4. The van der Waals surface area contributed by atoms with Gasteiger partial charge in [0.15, 0.2) is 11.5 Å². The number of anilines is 1. The summed E-state index contributed by atoms with van der Waals surface area (Å²) in [5, 5.41) is 15.1. The zero-order valence-electron chi connectivity index (χ0n) is 18.7. The molecule has 1 aromatic heterocycles. The molecule has 1 amide bonds. The largest absolute Gasteiger partial charge is 0.573 e. The highest BCUT2D eigenvalue weighted by atomic mass is 35.5. The molecule has 3 N–H and O–H groups in total. The van der Waals surface area contributed by atoms with Crippen molar-refractivity contribution in [1.82, 2.24) is 14.9 Å². The van der Waals surface area contributed by atoms with Crippen LogP contribution in [0.25, 0.3) is 0 Å². The molecule has 0 atom stereocenters. The molecule has 35 heavy (non-hydrogen) atoms. The lowest BCUT2D eigenvalue weighted by Crippen LogP contribution is -2.28. The number of benzene rings is 2. The van der Waals surface area contributed by atoms with Crippen LogP contribution in [-0.2, 0) is 6.54 Å². The maximum Gasteiger partial charge on any atom is 0.573 e. The topological polar surface area (TPSA) is 97.6 Å². The van der Waals surface area contributed by atoms with Gasteiger partial charge >= 0.3 is 12.4 Å². The summed E-state index contributed by atoms with van der Waals surface area (Å²) in [6.45, 7) is 0.516. The lowest BCUT2D eigenvalue weighted by Gasteiger charge is -2.14. The molecule has 0 bridgehead atoms. The second-order valence-corrected chi connectivity index (χ2v) is 7.80. The van der Waals surface area contributed by atoms with E-state index in [1.54, 1.807) is 31.3 Å². The van der Waals surface area contributed by atoms with Gasteiger partial charge < -0.3 is 25.2 Å². The molecule has 2 aromatic carbocycles. The third-order valence-corrected chi connectivity index (χ3v) is 5.01. The van der Waals surface area contributed by atoms with Crippen molar-refractivity contribution in [2.45, 2.75) is 25.7 Å². The fraction of sp³-hybridized carbons (Fsp3) is 0.304. The number of aromatic nitrogens is 2. The monoisotopic (exact) mass is 512 g/mol. The summed E-state index contributed by atoms with van der Waals surface area (Å²) in [7, 11) is 1.58. The van der Waals surface area contributed by atoms with Crippen LogP contribution in [0.3, 0.4) is 0 Å². The minimum Gasteiger partial charge on any atom is -0.425 e. The molecular formula is C23H24ClF3N4O4. The van der Waals surface area contributed by atoms with Gasteiger partial charge in [-0.25, -0.2) is 0 Å². The van der Waals surface area contributed by atoms with Gasteiger partial charge in [0, 0.05) is 31.3 Å². The number of aliphatic hydroxyl groups is 1. The number of ether oxygens (including phenoxy) is 2. The van der Waals surface area contributed by atoms with Crippen LogP contribution in [0.2, 0.25) is 5.02 Å². The highest BCUT2D eigenvalue weighted by Crippen LogP contribution is 2.31. The Morgan fingerprint density at radius 3 is 2.51 bits per heavy atom. The molecule has 12 heteroatoms. The molecule has 0 radical (unpaired) electrons. The first-order chi connectivity index (χ1) is 16.7. The Morgan fingerprint density at radius 1 is 1.14 bits per heavy atom. The van der Waals surface area contributed by atoms with E-state index in [4.69, 9.17) is 21.4 Å². The molecule has 1 heterocycles. The average molecular weight is 513 g/mol. The van der Waals surface area contributed by atoms with Crippen LogP contribution in [0.5, 0.6) is 17.5 Å². The van der Waals surface area contributed by atoms with Gasteiger partial charge in [-0.15, -0.1) is 13.2 Å². The van der Waals surface area contributed by atoms with Gasteiger partial charge in [0.2, 0.25) is 0 Å². The van der Waals surface area contributed by atoms with Crippen LogP contribution < -0.4 is 20.1 Å². The summed E-state index contributed by atoms with van der Waals surface area (Å²) in [6, 6.07) is 11.9. The molecule has 0 aliphatic rings. The predicted octanol–water partition coefficient (Wildman–Crippen LogP) is 4.82. The number of unbranched alkanes of at least 4 members (excludes halogenated alkanes) is 1. The van der Waals surface area contributed by atoms with Gasteiger partial charge in [-0.1, -0.05) is 29.8 Å². The SMILES string of the molecule is CNc1nc(Oc2cccc(OC(F)(F)F)c2)n(Cc2ccc(Cl)cc2)c1C(=O)NCCCCO. The summed E-state index contributed by atoms with van der Waals surface area (Å²) < 4.78 is 49.1. The number of rotatable bonds is 11. The quantitative estimate of drug-likeness (QED) is 0.319. The number of imidazole rings is 1. The Labute approximate surface area is 204 Å². The first kappa shape index (κ1) is 26.2. The van der Waals surface area contributed by atoms with Crippen molar-refractivity contribution in [3.05, 3.63) is 64.8 Å². The van der Waals surface area contributed by atoms with Gasteiger partial charge in [0.1, 0.15) is 11.5 Å². The molecule has 0 saturated carbocycles. The summed E-state index contributed by atoms with van der Waals surface area (Å²) in [6.07, 6.45) is -3.74. The van der Waals surface area contributed by atoms with Gasteiger partial charge in [-0.3, -0.25) is 9.36 Å². The number of hydrogen-bond donors (Lipinski definition) is 3. The summed E-state index contributed by atoms with van der Waals surface area (Å²) in [5.41, 5.74) is 0.951. The molecule has 3 rings (SSSR count). The molecule has 8 nitrogen and oxygen atoms in total. The highest BCUT2D eigenvalue weighted by molar-refractivity contribution is 6.30. The number of halogens is 4. The number of carbonyl (C=O) groups is 1. The second kappa shape index (κ2) is 11.8. The van der Waals surface area contributed by atoms with E-state index < -0.39 is 18.0 Å². The van der Waals surface area contributed by atoms with E-state index in [-0.39, 0.29) is 36.4 Å². The fourth-order valence-corrected chi connectivity index (χ4v) is 3.32. The van der Waals surface area contributed by atoms with Crippen molar-refractivity contribution in [2.24, 2.45) is 0 Å². The Hall–Kier alpha value is -3.44. The van der Waals surface area contributed by atoms with Crippen molar-refractivity contribution in [1.29, 1.82) is 0 Å². The van der Waals surface area contributed by atoms with E-state index in [1.807, 2.05) is 0 Å². The lowest BCUT2D eigenvalue weighted by atomic mass is 10.2. The van der Waals surface area contributed by atoms with Gasteiger partial charge in [-0.2, -0.15) is 4.98 Å². The summed E-state index contributed by atoms with van der Waals surface area (Å²) >= 11 is 5.98. The molecule has 0 unspecified atom stereocenters. The minimum atomic E-state index is -4.85. The molecule has 188 valence electrons. The molecule has 0 aliphatic carbocycles. The standard InChI is InChI=1S/C23H24ClF3N4O4/c1-28-20-19(21(33)29-11-2-3-12-32)31(14-15-7-9-16(24)10-8-15)22(30-20)34-17-5-4-6-18(13-17)35-23(25,26)27/h4-10,13,28,32H,2-3,11-12,14H2,1H3,(H,29,33). The first-order valence-corrected chi connectivity index (χ1v) is 11.0. The Morgan fingerprint density at radius 2 is 1.86 bits per heavy atom. The number of alkyl halides is 3. The van der Waals surface area contributed by atoms with E-state index >= 15 is 0 Å². The molecule has 0 aliphatic heterocycles. The van der Waals surface area contributed by atoms with E-state index in [9.17, 15) is 18.0 Å². The van der Waals surface area contributed by atoms with Gasteiger partial charge in [-0.05, 0) is 42.7 Å². The van der Waals surface area contributed by atoms with Crippen LogP contribution in [0.1, 0.15) is 28.9 Å². The van der Waals surface area contributed by atoms with Crippen molar-refractivity contribution in [3.63, 3.8) is 0 Å². The number of hydrogen-bond acceptors (Lipinski definition) is 6. The predicted molar refractivity (Wildman–Crippen MR) is 124 cm³/mol. The van der Waals surface area contributed by atoms with E-state index in [1.165, 1.54) is 16.7 Å². The van der Waals surface area contributed by atoms with E-state index in [0.29, 0.717) is 24.4 Å². The van der Waals surface area contributed by atoms with E-state index in [0.717, 1.165) is 17.7 Å². The smallest absolute Gasteiger partial charge is 0.425 e. The highest BCUT2D eigenvalue weighted by Gasteiger charge is 2.31. The van der Waals surface area contributed by atoms with Crippen LogP contribution in [0.4, 0.5) is 19.0 Å². The van der Waals surface area contributed by atoms with Crippen molar-refractivity contribution in [3.8, 4) is 17.5 Å². The lowest BCUT2D eigenvalue weighted by molar-refractivity contribution is -0.274. The van der Waals surface area contributed by atoms with Crippen molar-refractivity contribution in [2.75, 3.05) is 25.5 Å². The van der Waals surface area contributed by atoms with E-state index in [2.05, 4.69) is 20.4 Å². The average Bonchev–Trinajstić information content (AvgIpc) is 3.14. The van der Waals surface area contributed by atoms with Crippen LogP contribution in [-0.4, -0.2) is 47.1 Å². The van der Waals surface area contributed by atoms with Crippen LogP contribution >= 0.6 is 11.6 Å². The maximum absolute atomic E-state index is 13.0. The molecule has 0 fully saturated rings. The molecule has 3 aromatic rings. The first-order valence-electron chi connectivity index (χ1n) is 10.7. The molecule has 0 spiro atoms. The molecular weight excluding hydrogens is 489 g/mol. The number of nitrogens with zero attached hydrogens (tertiary/aromatic N) is 2. The van der Waals surface area contributed by atoms with Gasteiger partial charge in [0.05, 0.1) is 6.54 Å². The zero-order valence-corrected chi connectivity index (χ0v) is 19.5. The fourth-order valence-electron chi connectivity index (χ4n) is 3.20. The third kappa shape index (κ3) is 7.52. The Balaban J connectivity index is 1.96. The number of amides is 1. The van der Waals surface area contributed by atoms with Crippen molar-refractivity contribution < 1.29 is 32.5 Å². The molecule has 0 saturated heterocycles. The number of carbonyl (C=O) groups excluding carboxylic acids is 1. The number of nitrogens with one attached hydrogen (secondary N) is 2. The van der Waals surface area contributed by atoms with Crippen molar-refractivity contribution >= 4 is 23.3 Å². The summed E-state index contributed by atoms with van der Waals surface area (Å²) in [4.78, 5) is 17.4.